The summed E-state index contributed by atoms with van der Waals surface area (Å²) in [6.45, 7) is -0.193. The van der Waals surface area contributed by atoms with Crippen LogP contribution in [0.2, 0.25) is 0 Å². The molecule has 1 heterocycles. The molecule has 9 heteroatoms. The predicted molar refractivity (Wildman–Crippen MR) is 87.7 cm³/mol. The molecule has 1 aromatic carbocycles. The van der Waals surface area contributed by atoms with Gasteiger partial charge in [0.2, 0.25) is 5.91 Å². The maximum absolute atomic E-state index is 12.1. The zero-order valence-corrected chi connectivity index (χ0v) is 14.6. The first kappa shape index (κ1) is 18.4. The molecule has 1 saturated heterocycles. The van der Waals surface area contributed by atoms with Gasteiger partial charge in [-0.15, -0.1) is 0 Å². The number of imide groups is 1. The van der Waals surface area contributed by atoms with E-state index in [-0.39, 0.29) is 19.6 Å². The van der Waals surface area contributed by atoms with Crippen LogP contribution in [0.25, 0.3) is 0 Å². The zero-order chi connectivity index (χ0) is 18.6. The van der Waals surface area contributed by atoms with Crippen LogP contribution < -0.4 is 19.5 Å². The Bertz CT molecular complexity index is 691. The molecule has 9 nitrogen and oxygen atoms in total. The molecule has 0 saturated carbocycles. The molecule has 136 valence electrons. The van der Waals surface area contributed by atoms with E-state index in [2.05, 4.69) is 5.32 Å². The van der Waals surface area contributed by atoms with Crippen LogP contribution in [-0.2, 0) is 16.1 Å². The van der Waals surface area contributed by atoms with Gasteiger partial charge in [-0.2, -0.15) is 0 Å². The SMILES string of the molecule is COc1cc(OC)c(OC)cc1CNC(=O)CN1C(=O)CN(C)C1=O. The van der Waals surface area contributed by atoms with Crippen LogP contribution in [0.1, 0.15) is 5.56 Å². The predicted octanol–water partition coefficient (Wildman–Crippen LogP) is 0.223. The number of carbonyl (C=O) groups is 3. The van der Waals surface area contributed by atoms with Crippen LogP contribution in [0.4, 0.5) is 4.79 Å². The first-order chi connectivity index (χ1) is 11.9. The number of methoxy groups -OCH3 is 3. The van der Waals surface area contributed by atoms with E-state index in [0.717, 1.165) is 4.90 Å². The summed E-state index contributed by atoms with van der Waals surface area (Å²) < 4.78 is 15.7. The third kappa shape index (κ3) is 3.93. The molecule has 2 rings (SSSR count). The van der Waals surface area contributed by atoms with Gasteiger partial charge < -0.3 is 24.4 Å². The highest BCUT2D eigenvalue weighted by Gasteiger charge is 2.34. The van der Waals surface area contributed by atoms with E-state index in [1.807, 2.05) is 0 Å². The smallest absolute Gasteiger partial charge is 0.327 e. The molecule has 0 bridgehead atoms. The Balaban J connectivity index is 2.04. The molecule has 0 unspecified atom stereocenters. The lowest BCUT2D eigenvalue weighted by Crippen LogP contribution is -2.40. The van der Waals surface area contributed by atoms with Gasteiger partial charge in [0, 0.05) is 25.2 Å². The Morgan fingerprint density at radius 2 is 1.68 bits per heavy atom. The number of rotatable bonds is 7. The molecule has 1 aliphatic rings. The van der Waals surface area contributed by atoms with Crippen LogP contribution in [-0.4, -0.2) is 69.1 Å². The monoisotopic (exact) mass is 351 g/mol. The number of nitrogens with zero attached hydrogens (tertiary/aromatic N) is 2. The standard InChI is InChI=1S/C16H21N3O6/c1-18-9-15(21)19(16(18)22)8-14(20)17-7-10-5-12(24-3)13(25-4)6-11(10)23-2/h5-6H,7-9H2,1-4H3,(H,17,20). The van der Waals surface area contributed by atoms with E-state index >= 15 is 0 Å². The molecule has 1 N–H and O–H groups in total. The van der Waals surface area contributed by atoms with Crippen molar-refractivity contribution in [2.75, 3.05) is 41.5 Å². The second-order valence-corrected chi connectivity index (χ2v) is 5.41. The average Bonchev–Trinajstić information content (AvgIpc) is 2.85. The fraction of sp³-hybridized carbons (Fsp3) is 0.438. The second-order valence-electron chi connectivity index (χ2n) is 5.41. The Morgan fingerprint density at radius 1 is 1.08 bits per heavy atom. The van der Waals surface area contributed by atoms with Crippen molar-refractivity contribution in [3.05, 3.63) is 17.7 Å². The number of carbonyl (C=O) groups excluding carboxylic acids is 3. The van der Waals surface area contributed by atoms with Crippen molar-refractivity contribution >= 4 is 17.8 Å². The summed E-state index contributed by atoms with van der Waals surface area (Å²) in [6.07, 6.45) is 0. The van der Waals surface area contributed by atoms with Gasteiger partial charge in [0.15, 0.2) is 11.5 Å². The van der Waals surface area contributed by atoms with Crippen LogP contribution in [0, 0.1) is 0 Å². The number of likely N-dealkylation sites (N-methyl/N-ethyl adjacent to an activating group) is 1. The normalized spacial score (nSPS) is 13.9. The van der Waals surface area contributed by atoms with Gasteiger partial charge in [0.25, 0.3) is 5.91 Å². The van der Waals surface area contributed by atoms with Crippen molar-refractivity contribution < 1.29 is 28.6 Å². The largest absolute Gasteiger partial charge is 0.496 e. The van der Waals surface area contributed by atoms with Gasteiger partial charge in [-0.05, 0) is 6.07 Å². The van der Waals surface area contributed by atoms with E-state index in [1.54, 1.807) is 12.1 Å². The number of hydrogen-bond donors (Lipinski definition) is 1. The van der Waals surface area contributed by atoms with E-state index in [4.69, 9.17) is 14.2 Å². The third-order valence-electron chi connectivity index (χ3n) is 3.80. The van der Waals surface area contributed by atoms with Crippen LogP contribution in [0.15, 0.2) is 12.1 Å². The van der Waals surface area contributed by atoms with Gasteiger partial charge in [-0.3, -0.25) is 14.5 Å². The first-order valence-corrected chi connectivity index (χ1v) is 7.52. The molecule has 1 aliphatic heterocycles. The highest BCUT2D eigenvalue weighted by Crippen LogP contribution is 2.34. The minimum absolute atomic E-state index is 0.0182. The van der Waals surface area contributed by atoms with Crippen LogP contribution >= 0.6 is 0 Å². The Kier molecular flexibility index (Phi) is 5.68. The topological polar surface area (TPSA) is 97.4 Å². The molecular weight excluding hydrogens is 330 g/mol. The summed E-state index contributed by atoms with van der Waals surface area (Å²) in [7, 11) is 6.03. The van der Waals surface area contributed by atoms with Gasteiger partial charge >= 0.3 is 6.03 Å². The van der Waals surface area contributed by atoms with Crippen molar-refractivity contribution in [1.29, 1.82) is 0 Å². The van der Waals surface area contributed by atoms with Crippen molar-refractivity contribution in [1.82, 2.24) is 15.1 Å². The third-order valence-corrected chi connectivity index (χ3v) is 3.80. The van der Waals surface area contributed by atoms with Gasteiger partial charge in [-0.1, -0.05) is 0 Å². The molecule has 0 aromatic heterocycles. The number of nitrogens with one attached hydrogen (secondary N) is 1. The summed E-state index contributed by atoms with van der Waals surface area (Å²) in [6, 6.07) is 2.87. The molecule has 1 aromatic rings. The maximum Gasteiger partial charge on any atom is 0.327 e. The first-order valence-electron chi connectivity index (χ1n) is 7.52. The summed E-state index contributed by atoms with van der Waals surface area (Å²) in [5.41, 5.74) is 0.671. The number of ether oxygens (including phenoxy) is 3. The Hall–Kier alpha value is -2.97. The van der Waals surface area contributed by atoms with Crippen molar-refractivity contribution in [2.45, 2.75) is 6.54 Å². The molecule has 25 heavy (non-hydrogen) atoms. The van der Waals surface area contributed by atoms with Crippen molar-refractivity contribution in [3.8, 4) is 17.2 Å². The number of urea groups is 1. The summed E-state index contributed by atoms with van der Waals surface area (Å²) in [5.74, 6) is 0.677. The molecule has 0 aliphatic carbocycles. The molecular formula is C16H21N3O6. The van der Waals surface area contributed by atoms with E-state index in [1.165, 1.54) is 33.3 Å². The van der Waals surface area contributed by atoms with E-state index in [0.29, 0.717) is 22.8 Å². The van der Waals surface area contributed by atoms with Crippen molar-refractivity contribution in [3.63, 3.8) is 0 Å². The van der Waals surface area contributed by atoms with Crippen LogP contribution in [0.3, 0.4) is 0 Å². The number of benzene rings is 1. The molecule has 1 fully saturated rings. The summed E-state index contributed by atoms with van der Waals surface area (Å²) in [4.78, 5) is 37.7. The van der Waals surface area contributed by atoms with E-state index in [9.17, 15) is 14.4 Å². The van der Waals surface area contributed by atoms with Crippen molar-refractivity contribution in [2.24, 2.45) is 0 Å². The molecule has 0 spiro atoms. The fourth-order valence-corrected chi connectivity index (χ4v) is 2.45. The summed E-state index contributed by atoms with van der Waals surface area (Å²) in [5, 5.41) is 2.67. The molecule has 4 amide bonds. The maximum atomic E-state index is 12.1. The highest BCUT2D eigenvalue weighted by atomic mass is 16.5. The lowest BCUT2D eigenvalue weighted by Gasteiger charge is -2.16. The minimum Gasteiger partial charge on any atom is -0.496 e. The fourth-order valence-electron chi connectivity index (χ4n) is 2.45. The number of hydrogen-bond acceptors (Lipinski definition) is 6. The number of amides is 4. The Morgan fingerprint density at radius 3 is 2.20 bits per heavy atom. The summed E-state index contributed by atoms with van der Waals surface area (Å²) >= 11 is 0. The van der Waals surface area contributed by atoms with Gasteiger partial charge in [-0.25, -0.2) is 4.79 Å². The minimum atomic E-state index is -0.483. The molecule has 0 atom stereocenters. The Labute approximate surface area is 145 Å². The quantitative estimate of drug-likeness (QED) is 0.706. The van der Waals surface area contributed by atoms with E-state index < -0.39 is 17.8 Å². The lowest BCUT2D eigenvalue weighted by molar-refractivity contribution is -0.130. The highest BCUT2D eigenvalue weighted by molar-refractivity contribution is 6.04. The lowest BCUT2D eigenvalue weighted by atomic mass is 10.1. The molecule has 0 radical (unpaired) electrons. The zero-order valence-electron chi connectivity index (χ0n) is 14.6. The van der Waals surface area contributed by atoms with Crippen LogP contribution in [0.5, 0.6) is 17.2 Å². The van der Waals surface area contributed by atoms with Gasteiger partial charge in [0.05, 0.1) is 21.3 Å². The average molecular weight is 351 g/mol. The second kappa shape index (κ2) is 7.73. The van der Waals surface area contributed by atoms with Gasteiger partial charge in [0.1, 0.15) is 18.8 Å².